The van der Waals surface area contributed by atoms with E-state index in [-0.39, 0.29) is 35.9 Å². The van der Waals surface area contributed by atoms with Crippen LogP contribution in [0.4, 0.5) is 4.79 Å². The van der Waals surface area contributed by atoms with Crippen molar-refractivity contribution < 1.29 is 38.2 Å². The Balaban J connectivity index is 1.43. The van der Waals surface area contributed by atoms with Crippen LogP contribution < -0.4 is 10.1 Å². The van der Waals surface area contributed by atoms with E-state index in [1.54, 1.807) is 42.5 Å². The normalized spacial score (nSPS) is 14.2. The van der Waals surface area contributed by atoms with Crippen LogP contribution in [0.15, 0.2) is 64.7 Å². The molecule has 36 heavy (non-hydrogen) atoms. The molecule has 4 rings (SSSR count). The number of carboxylic acid groups (broad SMARTS) is 1. The fourth-order valence-electron chi connectivity index (χ4n) is 3.39. The molecule has 1 aliphatic rings. The number of nitrogens with one attached hydrogen (secondary N) is 1. The Hall–Kier alpha value is -4.13. The number of methoxy groups -OCH3 is 1. The zero-order valence-corrected chi connectivity index (χ0v) is 21.0. The predicted octanol–water partition coefficient (Wildman–Crippen LogP) is 4.04. The molecule has 184 valence electrons. The van der Waals surface area contributed by atoms with Crippen molar-refractivity contribution in [2.24, 2.45) is 0 Å². The molecule has 0 atom stereocenters. The van der Waals surface area contributed by atoms with Crippen molar-refractivity contribution in [3.63, 3.8) is 0 Å². The molecule has 2 aromatic carbocycles. The summed E-state index contributed by atoms with van der Waals surface area (Å²) in [5, 5.41) is 11.7. The highest BCUT2D eigenvalue weighted by Gasteiger charge is 2.34. The monoisotopic (exact) mass is 602 g/mol. The Bertz CT molecular complexity index is 1390. The third-order valence-electron chi connectivity index (χ3n) is 5.16. The first-order chi connectivity index (χ1) is 17.2. The molecule has 2 heterocycles. The van der Waals surface area contributed by atoms with E-state index in [1.807, 2.05) is 0 Å². The molecule has 1 fully saturated rings. The van der Waals surface area contributed by atoms with Gasteiger partial charge in [0.2, 0.25) is 5.76 Å². The highest BCUT2D eigenvalue weighted by atomic mass is 127. The first-order valence-electron chi connectivity index (χ1n) is 10.5. The first-order valence-corrected chi connectivity index (χ1v) is 11.6. The van der Waals surface area contributed by atoms with Crippen LogP contribution in [-0.2, 0) is 22.7 Å². The smallest absolute Gasteiger partial charge is 0.373 e. The number of urea groups is 1. The molecule has 0 unspecified atom stereocenters. The molecule has 3 amide bonds. The van der Waals surface area contributed by atoms with Crippen molar-refractivity contribution in [1.29, 1.82) is 0 Å². The van der Waals surface area contributed by atoms with E-state index in [9.17, 15) is 19.2 Å². The van der Waals surface area contributed by atoms with E-state index in [0.717, 1.165) is 8.47 Å². The van der Waals surface area contributed by atoms with Crippen LogP contribution >= 0.6 is 22.6 Å². The Morgan fingerprint density at radius 1 is 1.14 bits per heavy atom. The van der Waals surface area contributed by atoms with Gasteiger partial charge in [0.15, 0.2) is 0 Å². The number of nitrogens with zero attached hydrogens (tertiary/aromatic N) is 1. The zero-order valence-electron chi connectivity index (χ0n) is 18.8. The lowest BCUT2D eigenvalue weighted by Gasteiger charge is -2.10. The largest absolute Gasteiger partial charge is 0.488 e. The van der Waals surface area contributed by atoms with Gasteiger partial charge in [-0.05, 0) is 76.2 Å². The van der Waals surface area contributed by atoms with Gasteiger partial charge in [-0.15, -0.1) is 0 Å². The van der Waals surface area contributed by atoms with Gasteiger partial charge in [-0.2, -0.15) is 0 Å². The van der Waals surface area contributed by atoms with Crippen LogP contribution in [0.25, 0.3) is 6.08 Å². The number of halogens is 1. The summed E-state index contributed by atoms with van der Waals surface area (Å²) in [6.07, 6.45) is 1.55. The molecule has 0 radical (unpaired) electrons. The average molecular weight is 602 g/mol. The lowest BCUT2D eigenvalue weighted by Crippen LogP contribution is -2.30. The van der Waals surface area contributed by atoms with Crippen molar-refractivity contribution >= 4 is 52.5 Å². The van der Waals surface area contributed by atoms with E-state index in [1.165, 1.54) is 25.3 Å². The van der Waals surface area contributed by atoms with Gasteiger partial charge in [0, 0.05) is 0 Å². The summed E-state index contributed by atoms with van der Waals surface area (Å²) in [4.78, 5) is 48.8. The molecular weight excluding hydrogens is 583 g/mol. The van der Waals surface area contributed by atoms with Crippen molar-refractivity contribution in [2.75, 3.05) is 7.11 Å². The number of hydrogen-bond donors (Lipinski definition) is 2. The molecule has 2 N–H and O–H groups in total. The standard InChI is InChI=1S/C25H19IN2O8/c1-34-24(32)21-8-6-17(36-21)12-28-22(29)19(27-25(28)33)11-14-5-7-20(18(26)10-14)35-13-15-3-2-4-16(9-15)23(30)31/h2-11H,12-13H2,1H3,(H,27,33)(H,30,31)/b19-11-. The zero-order chi connectivity index (χ0) is 25.8. The summed E-state index contributed by atoms with van der Waals surface area (Å²) in [6.45, 7) is 0.0396. The van der Waals surface area contributed by atoms with Crippen LogP contribution in [0.5, 0.6) is 5.75 Å². The van der Waals surface area contributed by atoms with Crippen LogP contribution in [-0.4, -0.2) is 41.0 Å². The molecule has 10 nitrogen and oxygen atoms in total. The number of hydrogen-bond acceptors (Lipinski definition) is 7. The van der Waals surface area contributed by atoms with Crippen molar-refractivity contribution in [2.45, 2.75) is 13.2 Å². The maximum Gasteiger partial charge on any atom is 0.373 e. The number of carboxylic acids is 1. The molecule has 0 saturated carbocycles. The second kappa shape index (κ2) is 10.6. The first kappa shape index (κ1) is 25.0. The van der Waals surface area contributed by atoms with Gasteiger partial charge < -0.3 is 24.3 Å². The number of ether oxygens (including phenoxy) is 2. The molecule has 0 spiro atoms. The van der Waals surface area contributed by atoms with Crippen LogP contribution in [0.2, 0.25) is 0 Å². The summed E-state index contributed by atoms with van der Waals surface area (Å²) in [7, 11) is 1.22. The van der Waals surface area contributed by atoms with Crippen molar-refractivity contribution in [3.8, 4) is 5.75 Å². The third-order valence-corrected chi connectivity index (χ3v) is 6.00. The van der Waals surface area contributed by atoms with Crippen LogP contribution in [0, 0.1) is 3.57 Å². The van der Waals surface area contributed by atoms with Gasteiger partial charge in [-0.25, -0.2) is 14.4 Å². The third kappa shape index (κ3) is 5.57. The van der Waals surface area contributed by atoms with Gasteiger partial charge in [-0.3, -0.25) is 9.69 Å². The molecule has 11 heteroatoms. The number of furan rings is 1. The molecule has 3 aromatic rings. The van der Waals surface area contributed by atoms with E-state index >= 15 is 0 Å². The van der Waals surface area contributed by atoms with Crippen LogP contribution in [0.3, 0.4) is 0 Å². The molecule has 1 aromatic heterocycles. The number of rotatable bonds is 8. The van der Waals surface area contributed by atoms with E-state index in [4.69, 9.17) is 14.3 Å². The summed E-state index contributed by atoms with van der Waals surface area (Å²) in [5.41, 5.74) is 1.65. The summed E-state index contributed by atoms with van der Waals surface area (Å²) >= 11 is 2.09. The number of carbonyl (C=O) groups excluding carboxylic acids is 3. The quantitative estimate of drug-likeness (QED) is 0.171. The second-order valence-electron chi connectivity index (χ2n) is 7.62. The summed E-state index contributed by atoms with van der Waals surface area (Å²) in [6, 6.07) is 14.0. The molecule has 1 saturated heterocycles. The maximum atomic E-state index is 12.8. The topological polar surface area (TPSA) is 135 Å². The molecule has 0 aliphatic carbocycles. The number of imide groups is 1. The number of benzene rings is 2. The van der Waals surface area contributed by atoms with E-state index in [0.29, 0.717) is 16.9 Å². The van der Waals surface area contributed by atoms with Crippen LogP contribution in [0.1, 0.15) is 37.8 Å². The molecule has 1 aliphatic heterocycles. The van der Waals surface area contributed by atoms with Gasteiger partial charge in [0.25, 0.3) is 5.91 Å². The Morgan fingerprint density at radius 2 is 1.94 bits per heavy atom. The average Bonchev–Trinajstić information content (AvgIpc) is 3.43. The van der Waals surface area contributed by atoms with Gasteiger partial charge in [-0.1, -0.05) is 18.2 Å². The summed E-state index contributed by atoms with van der Waals surface area (Å²) in [5.74, 6) is -1.39. The highest BCUT2D eigenvalue weighted by molar-refractivity contribution is 14.1. The molecular formula is C25H19IN2O8. The SMILES string of the molecule is COC(=O)c1ccc(CN2C(=O)N/C(=C\c3ccc(OCc4cccc(C(=O)O)c4)c(I)c3)C2=O)o1. The van der Waals surface area contributed by atoms with Crippen molar-refractivity contribution in [3.05, 3.63) is 92.1 Å². The number of aromatic carboxylic acids is 1. The second-order valence-corrected chi connectivity index (χ2v) is 8.78. The van der Waals surface area contributed by atoms with Gasteiger partial charge in [0.05, 0.1) is 22.8 Å². The number of esters is 1. The Morgan fingerprint density at radius 3 is 2.67 bits per heavy atom. The van der Waals surface area contributed by atoms with Gasteiger partial charge in [0.1, 0.15) is 23.8 Å². The highest BCUT2D eigenvalue weighted by Crippen LogP contribution is 2.25. The lowest BCUT2D eigenvalue weighted by molar-refractivity contribution is -0.123. The minimum Gasteiger partial charge on any atom is -0.488 e. The number of amides is 3. The van der Waals surface area contributed by atoms with Gasteiger partial charge >= 0.3 is 18.0 Å². The van der Waals surface area contributed by atoms with Crippen molar-refractivity contribution in [1.82, 2.24) is 10.2 Å². The minimum absolute atomic E-state index is 0.0261. The minimum atomic E-state index is -1.01. The molecule has 0 bridgehead atoms. The van der Waals surface area contributed by atoms with E-state index in [2.05, 4.69) is 32.6 Å². The lowest BCUT2D eigenvalue weighted by atomic mass is 10.1. The Labute approximate surface area is 218 Å². The summed E-state index contributed by atoms with van der Waals surface area (Å²) < 4.78 is 16.5. The fraction of sp³-hybridized carbons (Fsp3) is 0.120. The fourth-order valence-corrected chi connectivity index (χ4v) is 4.09. The Kier molecular flexibility index (Phi) is 7.38. The number of carbonyl (C=O) groups is 4. The maximum absolute atomic E-state index is 12.8. The van der Waals surface area contributed by atoms with E-state index < -0.39 is 23.9 Å². The predicted molar refractivity (Wildman–Crippen MR) is 134 cm³/mol.